The Morgan fingerprint density at radius 3 is 2.24 bits per heavy atom. The summed E-state index contributed by atoms with van der Waals surface area (Å²) >= 11 is 12.6. The van der Waals surface area contributed by atoms with Gasteiger partial charge in [-0.1, -0.05) is 69.5 Å². The second-order valence-electron chi connectivity index (χ2n) is 11.8. The van der Waals surface area contributed by atoms with E-state index in [9.17, 15) is 14.4 Å². The Morgan fingerprint density at radius 2 is 1.71 bits per heavy atom. The van der Waals surface area contributed by atoms with Gasteiger partial charge in [-0.2, -0.15) is 0 Å². The molecule has 7 nitrogen and oxygen atoms in total. The number of aliphatic imine (C=N–C) groups is 1. The monoisotopic (exact) mass is 599 g/mol. The SMILES string of the molecule is CCC(c1ccc(C(=O)NCCC(=O)O)cc1)N1C(=O)C(c2cc(Cl)cc(Cl)c2)=NC12CCC(C(C)(C)CC)CC2. The molecule has 2 aromatic rings. The molecule has 0 aromatic heterocycles. The second-order valence-corrected chi connectivity index (χ2v) is 12.7. The Hall–Kier alpha value is -2.90. The van der Waals surface area contributed by atoms with Gasteiger partial charge >= 0.3 is 5.97 Å². The number of carbonyl (C=O) groups excluding carboxylic acids is 2. The lowest BCUT2D eigenvalue weighted by Crippen LogP contribution is -2.51. The van der Waals surface area contributed by atoms with Crippen molar-refractivity contribution in [1.82, 2.24) is 10.2 Å². The van der Waals surface area contributed by atoms with Crippen molar-refractivity contribution in [2.45, 2.75) is 84.3 Å². The first-order chi connectivity index (χ1) is 19.4. The lowest BCUT2D eigenvalue weighted by molar-refractivity contribution is -0.137. The summed E-state index contributed by atoms with van der Waals surface area (Å²) < 4.78 is 0. The summed E-state index contributed by atoms with van der Waals surface area (Å²) in [5.41, 5.74) is 1.90. The first kappa shape index (κ1) is 31.0. The molecule has 1 aliphatic carbocycles. The first-order valence-electron chi connectivity index (χ1n) is 14.4. The van der Waals surface area contributed by atoms with E-state index in [0.717, 1.165) is 37.7 Å². The van der Waals surface area contributed by atoms with Crippen LogP contribution in [-0.4, -0.2) is 45.7 Å². The minimum atomic E-state index is -0.968. The fourth-order valence-electron chi connectivity index (χ4n) is 6.24. The normalized spacial score (nSPS) is 21.6. The molecule has 0 radical (unpaired) electrons. The van der Waals surface area contributed by atoms with Crippen molar-refractivity contribution in [3.05, 3.63) is 69.2 Å². The Kier molecular flexibility index (Phi) is 9.49. The van der Waals surface area contributed by atoms with Crippen molar-refractivity contribution in [2.24, 2.45) is 16.3 Å². The van der Waals surface area contributed by atoms with Gasteiger partial charge in [0.25, 0.3) is 11.8 Å². The summed E-state index contributed by atoms with van der Waals surface area (Å²) in [6, 6.07) is 12.1. The summed E-state index contributed by atoms with van der Waals surface area (Å²) in [7, 11) is 0. The molecule has 2 aromatic carbocycles. The van der Waals surface area contributed by atoms with Gasteiger partial charge in [0.15, 0.2) is 0 Å². The van der Waals surface area contributed by atoms with Gasteiger partial charge in [0.05, 0.1) is 12.5 Å². The number of carboxylic acid groups (broad SMARTS) is 1. The van der Waals surface area contributed by atoms with Gasteiger partial charge in [-0.15, -0.1) is 0 Å². The summed E-state index contributed by atoms with van der Waals surface area (Å²) in [5.74, 6) is -0.891. The lowest BCUT2D eigenvalue weighted by Gasteiger charge is -2.48. The van der Waals surface area contributed by atoms with Crippen molar-refractivity contribution >= 4 is 46.7 Å². The molecule has 0 bridgehead atoms. The van der Waals surface area contributed by atoms with Crippen LogP contribution >= 0.6 is 23.2 Å². The molecule has 41 heavy (non-hydrogen) atoms. The molecular weight excluding hydrogens is 561 g/mol. The molecule has 220 valence electrons. The van der Waals surface area contributed by atoms with E-state index in [1.165, 1.54) is 0 Å². The third-order valence-corrected chi connectivity index (χ3v) is 9.45. The largest absolute Gasteiger partial charge is 0.481 e. The summed E-state index contributed by atoms with van der Waals surface area (Å²) in [4.78, 5) is 44.7. The van der Waals surface area contributed by atoms with Gasteiger partial charge in [0, 0.05) is 27.7 Å². The third-order valence-electron chi connectivity index (χ3n) is 9.01. The zero-order chi connectivity index (χ0) is 29.9. The van der Waals surface area contributed by atoms with Crippen LogP contribution < -0.4 is 5.32 Å². The molecule has 2 amide bonds. The summed E-state index contributed by atoms with van der Waals surface area (Å²) in [6.07, 6.45) is 5.11. The van der Waals surface area contributed by atoms with Gasteiger partial charge in [-0.05, 0) is 79.3 Å². The van der Waals surface area contributed by atoms with E-state index in [-0.39, 0.29) is 36.2 Å². The zero-order valence-electron chi connectivity index (χ0n) is 24.2. The minimum Gasteiger partial charge on any atom is -0.481 e. The van der Waals surface area contributed by atoms with Crippen LogP contribution in [-0.2, 0) is 9.59 Å². The second kappa shape index (κ2) is 12.5. The topological polar surface area (TPSA) is 99.1 Å². The van der Waals surface area contributed by atoms with Crippen molar-refractivity contribution in [3.8, 4) is 0 Å². The maximum atomic E-state index is 14.3. The Morgan fingerprint density at radius 1 is 1.10 bits per heavy atom. The number of carboxylic acids is 1. The standard InChI is InChI=1S/C32H39Cl2N3O4/c1-5-26(20-7-9-21(10-8-20)29(40)35-16-13-27(38)39)37-30(41)28(22-17-24(33)19-25(34)18-22)36-32(37)14-11-23(12-15-32)31(3,4)6-2/h7-10,17-19,23,26H,5-6,11-16H2,1-4H3,(H,35,40)(H,38,39). The van der Waals surface area contributed by atoms with Gasteiger partial charge in [-0.25, -0.2) is 0 Å². The van der Waals surface area contributed by atoms with Crippen molar-refractivity contribution in [1.29, 1.82) is 0 Å². The van der Waals surface area contributed by atoms with Crippen LogP contribution in [0.3, 0.4) is 0 Å². The van der Waals surface area contributed by atoms with Crippen LogP contribution in [0, 0.1) is 11.3 Å². The van der Waals surface area contributed by atoms with E-state index in [4.69, 9.17) is 33.3 Å². The highest BCUT2D eigenvalue weighted by Crippen LogP contribution is 2.50. The van der Waals surface area contributed by atoms with E-state index in [1.807, 2.05) is 17.0 Å². The Balaban J connectivity index is 1.67. The predicted octanol–water partition coefficient (Wildman–Crippen LogP) is 7.30. The molecular formula is C32H39Cl2N3O4. The number of benzene rings is 2. The van der Waals surface area contributed by atoms with Gasteiger partial charge in [-0.3, -0.25) is 19.4 Å². The van der Waals surface area contributed by atoms with Crippen molar-refractivity contribution in [3.63, 3.8) is 0 Å². The van der Waals surface area contributed by atoms with E-state index in [1.54, 1.807) is 30.3 Å². The molecule has 1 aliphatic heterocycles. The fourth-order valence-corrected chi connectivity index (χ4v) is 6.76. The Bertz CT molecular complexity index is 1310. The van der Waals surface area contributed by atoms with E-state index < -0.39 is 11.6 Å². The zero-order valence-corrected chi connectivity index (χ0v) is 25.7. The molecule has 1 spiro atoms. The number of nitrogens with one attached hydrogen (secondary N) is 1. The number of nitrogens with zero attached hydrogens (tertiary/aromatic N) is 2. The number of rotatable bonds is 10. The summed E-state index contributed by atoms with van der Waals surface area (Å²) in [5, 5.41) is 12.4. The van der Waals surface area contributed by atoms with Crippen LogP contribution in [0.5, 0.6) is 0 Å². The number of aliphatic carboxylic acids is 1. The van der Waals surface area contributed by atoms with E-state index in [2.05, 4.69) is 33.0 Å². The molecule has 9 heteroatoms. The predicted molar refractivity (Wildman–Crippen MR) is 163 cm³/mol. The smallest absolute Gasteiger partial charge is 0.305 e. The highest BCUT2D eigenvalue weighted by atomic mass is 35.5. The van der Waals surface area contributed by atoms with Crippen LogP contribution in [0.1, 0.15) is 100 Å². The maximum Gasteiger partial charge on any atom is 0.305 e. The molecule has 1 atom stereocenters. The minimum absolute atomic E-state index is 0.0573. The first-order valence-corrected chi connectivity index (χ1v) is 15.2. The number of hydrogen-bond donors (Lipinski definition) is 2. The van der Waals surface area contributed by atoms with E-state index in [0.29, 0.717) is 39.2 Å². The number of hydrogen-bond acceptors (Lipinski definition) is 4. The molecule has 2 N–H and O–H groups in total. The number of carbonyl (C=O) groups is 3. The van der Waals surface area contributed by atoms with Crippen LogP contribution in [0.15, 0.2) is 47.5 Å². The highest BCUT2D eigenvalue weighted by Gasteiger charge is 2.52. The van der Waals surface area contributed by atoms with Gasteiger partial charge < -0.3 is 15.3 Å². The highest BCUT2D eigenvalue weighted by molar-refractivity contribution is 6.47. The van der Waals surface area contributed by atoms with Gasteiger partial charge in [0.1, 0.15) is 11.4 Å². The molecule has 1 fully saturated rings. The Labute approximate surface area is 252 Å². The van der Waals surface area contributed by atoms with Crippen molar-refractivity contribution in [2.75, 3.05) is 6.54 Å². The molecule has 2 aliphatic rings. The van der Waals surface area contributed by atoms with Crippen LogP contribution in [0.2, 0.25) is 10.0 Å². The fraction of sp³-hybridized carbons (Fsp3) is 0.500. The average Bonchev–Trinajstić information content (AvgIpc) is 3.20. The van der Waals surface area contributed by atoms with Crippen molar-refractivity contribution < 1.29 is 19.5 Å². The molecule has 1 saturated carbocycles. The quantitative estimate of drug-likeness (QED) is 0.299. The van der Waals surface area contributed by atoms with Crippen LogP contribution in [0.25, 0.3) is 0 Å². The summed E-state index contributed by atoms with van der Waals surface area (Å²) in [6.45, 7) is 8.99. The molecule has 4 rings (SSSR count). The average molecular weight is 601 g/mol. The molecule has 1 heterocycles. The maximum absolute atomic E-state index is 14.3. The van der Waals surface area contributed by atoms with Gasteiger partial charge in [0.2, 0.25) is 0 Å². The molecule has 0 saturated heterocycles. The molecule has 1 unspecified atom stereocenters. The van der Waals surface area contributed by atoms with E-state index >= 15 is 0 Å². The number of amides is 2. The number of halogens is 2. The lowest BCUT2D eigenvalue weighted by atomic mass is 9.67. The third kappa shape index (κ3) is 6.62. The van der Waals surface area contributed by atoms with Crippen LogP contribution in [0.4, 0.5) is 0 Å².